The molecule has 2 atom stereocenters. The van der Waals surface area contributed by atoms with Crippen molar-refractivity contribution in [1.82, 2.24) is 14.5 Å². The highest BCUT2D eigenvalue weighted by molar-refractivity contribution is 7.89. The number of urea groups is 1. The van der Waals surface area contributed by atoms with Gasteiger partial charge >= 0.3 is 6.03 Å². The van der Waals surface area contributed by atoms with E-state index < -0.39 is 51.8 Å². The van der Waals surface area contributed by atoms with Gasteiger partial charge in [0.05, 0.1) is 11.8 Å². The molecular formula is C22H25F4N3O3S. The lowest BCUT2D eigenvalue weighted by atomic mass is 9.94. The number of halogens is 4. The second kappa shape index (κ2) is 9.30. The molecule has 0 aliphatic carbocycles. The summed E-state index contributed by atoms with van der Waals surface area (Å²) < 4.78 is 85.8. The van der Waals surface area contributed by atoms with Gasteiger partial charge < -0.3 is 4.90 Å². The Balaban J connectivity index is 2.05. The molecule has 0 spiro atoms. The zero-order valence-electron chi connectivity index (χ0n) is 18.4. The summed E-state index contributed by atoms with van der Waals surface area (Å²) in [7, 11) is -0.980. The van der Waals surface area contributed by atoms with Gasteiger partial charge in [-0.1, -0.05) is 18.2 Å². The Hall–Kier alpha value is -2.66. The molecule has 6 nitrogen and oxygen atoms in total. The Kier molecular flexibility index (Phi) is 7.04. The Morgan fingerprint density at radius 3 is 2.39 bits per heavy atom. The Labute approximate surface area is 190 Å². The third kappa shape index (κ3) is 5.14. The van der Waals surface area contributed by atoms with Crippen LogP contribution < -0.4 is 4.72 Å². The van der Waals surface area contributed by atoms with Gasteiger partial charge in [-0.05, 0) is 36.6 Å². The van der Waals surface area contributed by atoms with Crippen LogP contribution in [0.25, 0.3) is 11.1 Å². The molecule has 33 heavy (non-hydrogen) atoms. The molecule has 180 valence electrons. The number of sulfonamides is 1. The van der Waals surface area contributed by atoms with Crippen molar-refractivity contribution in [2.24, 2.45) is 0 Å². The van der Waals surface area contributed by atoms with Crippen molar-refractivity contribution in [3.63, 3.8) is 0 Å². The number of benzene rings is 2. The third-order valence-corrected chi connectivity index (χ3v) is 7.03. The molecule has 2 aromatic carbocycles. The minimum atomic E-state index is -3.83. The second-order valence-corrected chi connectivity index (χ2v) is 10.2. The molecule has 1 saturated heterocycles. The van der Waals surface area contributed by atoms with Crippen LogP contribution in [0.2, 0.25) is 0 Å². The first-order valence-electron chi connectivity index (χ1n) is 10.3. The van der Waals surface area contributed by atoms with Crippen molar-refractivity contribution in [1.29, 1.82) is 0 Å². The SMILES string of the molecule is CCS(=O)(=O)N[C@@H]1CCN(C(=O)N(C)C)[C@]1(F)Cc1cccc(-c2cc(F)cc(F)c2)c1F. The van der Waals surface area contributed by atoms with Crippen molar-refractivity contribution in [3.05, 3.63) is 59.4 Å². The predicted octanol–water partition coefficient (Wildman–Crippen LogP) is 3.67. The van der Waals surface area contributed by atoms with Crippen molar-refractivity contribution in [2.75, 3.05) is 26.4 Å². The molecule has 1 aliphatic heterocycles. The summed E-state index contributed by atoms with van der Waals surface area (Å²) in [5.41, 5.74) is -0.391. The molecule has 1 heterocycles. The number of alkyl halides is 1. The maximum absolute atomic E-state index is 16.5. The molecule has 1 fully saturated rings. The van der Waals surface area contributed by atoms with E-state index in [1.165, 1.54) is 39.2 Å². The van der Waals surface area contributed by atoms with Gasteiger partial charge in [0.1, 0.15) is 17.5 Å². The van der Waals surface area contributed by atoms with Crippen molar-refractivity contribution < 1.29 is 30.8 Å². The number of rotatable bonds is 6. The smallest absolute Gasteiger partial charge is 0.322 e. The van der Waals surface area contributed by atoms with E-state index in [2.05, 4.69) is 4.72 Å². The van der Waals surface area contributed by atoms with Gasteiger partial charge in [-0.15, -0.1) is 0 Å². The van der Waals surface area contributed by atoms with Crippen LogP contribution in [-0.4, -0.2) is 62.5 Å². The summed E-state index contributed by atoms with van der Waals surface area (Å²) in [6.07, 6.45) is -0.674. The van der Waals surface area contributed by atoms with Crippen LogP contribution in [-0.2, 0) is 16.4 Å². The zero-order chi connectivity index (χ0) is 24.6. The molecule has 0 unspecified atom stereocenters. The summed E-state index contributed by atoms with van der Waals surface area (Å²) in [6.45, 7) is 1.31. The number of hydrogen-bond acceptors (Lipinski definition) is 3. The summed E-state index contributed by atoms with van der Waals surface area (Å²) in [6, 6.07) is 4.54. The van der Waals surface area contributed by atoms with Crippen molar-refractivity contribution in [3.8, 4) is 11.1 Å². The van der Waals surface area contributed by atoms with Gasteiger partial charge in [-0.3, -0.25) is 4.90 Å². The van der Waals surface area contributed by atoms with Gasteiger partial charge in [0.25, 0.3) is 0 Å². The molecule has 1 aliphatic rings. The maximum atomic E-state index is 16.5. The first-order valence-corrected chi connectivity index (χ1v) is 11.9. The largest absolute Gasteiger partial charge is 0.331 e. The van der Waals surface area contributed by atoms with Crippen LogP contribution >= 0.6 is 0 Å². The van der Waals surface area contributed by atoms with Crippen LogP contribution in [0.15, 0.2) is 36.4 Å². The van der Waals surface area contributed by atoms with Gasteiger partial charge in [0, 0.05) is 38.7 Å². The van der Waals surface area contributed by atoms with Crippen LogP contribution in [0.5, 0.6) is 0 Å². The third-order valence-electron chi connectivity index (χ3n) is 5.63. The lowest BCUT2D eigenvalue weighted by molar-refractivity contribution is 0.00525. The molecule has 1 N–H and O–H groups in total. The van der Waals surface area contributed by atoms with E-state index in [1.807, 2.05) is 0 Å². The van der Waals surface area contributed by atoms with Crippen LogP contribution in [0, 0.1) is 17.5 Å². The van der Waals surface area contributed by atoms with E-state index in [0.717, 1.165) is 21.9 Å². The molecule has 2 aromatic rings. The molecular weight excluding hydrogens is 462 g/mol. The number of likely N-dealkylation sites (tertiary alicyclic amines) is 1. The van der Waals surface area contributed by atoms with E-state index in [9.17, 15) is 22.0 Å². The topological polar surface area (TPSA) is 69.7 Å². The van der Waals surface area contributed by atoms with Gasteiger partial charge in [-0.25, -0.2) is 35.5 Å². The minimum absolute atomic E-state index is 0.00821. The molecule has 0 aromatic heterocycles. The molecule has 3 rings (SSSR count). The second-order valence-electron chi connectivity index (χ2n) is 8.12. The molecule has 0 bridgehead atoms. The zero-order valence-corrected chi connectivity index (χ0v) is 19.2. The molecule has 2 amide bonds. The number of carbonyl (C=O) groups excluding carboxylic acids is 1. The van der Waals surface area contributed by atoms with E-state index in [4.69, 9.17) is 0 Å². The maximum Gasteiger partial charge on any atom is 0.322 e. The van der Waals surface area contributed by atoms with E-state index in [-0.39, 0.29) is 35.4 Å². The normalized spacial score (nSPS) is 20.8. The van der Waals surface area contributed by atoms with E-state index >= 15 is 8.78 Å². The predicted molar refractivity (Wildman–Crippen MR) is 116 cm³/mol. The van der Waals surface area contributed by atoms with Crippen molar-refractivity contribution in [2.45, 2.75) is 31.6 Å². The fourth-order valence-electron chi connectivity index (χ4n) is 3.93. The van der Waals surface area contributed by atoms with Crippen LogP contribution in [0.4, 0.5) is 22.4 Å². The van der Waals surface area contributed by atoms with Gasteiger partial charge in [-0.2, -0.15) is 0 Å². The molecule has 0 radical (unpaired) electrons. The Bertz CT molecular complexity index is 1140. The summed E-state index contributed by atoms with van der Waals surface area (Å²) in [5.74, 6) is -5.58. The lowest BCUT2D eigenvalue weighted by Crippen LogP contribution is -2.58. The highest BCUT2D eigenvalue weighted by atomic mass is 32.2. The molecule has 0 saturated carbocycles. The van der Waals surface area contributed by atoms with Crippen LogP contribution in [0.3, 0.4) is 0 Å². The highest BCUT2D eigenvalue weighted by Gasteiger charge is 2.53. The quantitative estimate of drug-likeness (QED) is 0.499. The van der Waals surface area contributed by atoms with E-state index in [0.29, 0.717) is 6.07 Å². The number of carbonyl (C=O) groups is 1. The number of hydrogen-bond donors (Lipinski definition) is 1. The summed E-state index contributed by atoms with van der Waals surface area (Å²) in [5, 5.41) is 0. The van der Waals surface area contributed by atoms with E-state index in [1.54, 1.807) is 0 Å². The molecule has 11 heteroatoms. The lowest BCUT2D eigenvalue weighted by Gasteiger charge is -2.37. The first-order chi connectivity index (χ1) is 15.4. The number of amides is 2. The summed E-state index contributed by atoms with van der Waals surface area (Å²) in [4.78, 5) is 14.7. The minimum Gasteiger partial charge on any atom is -0.331 e. The summed E-state index contributed by atoms with van der Waals surface area (Å²) >= 11 is 0. The fourth-order valence-corrected chi connectivity index (χ4v) is 4.83. The fraction of sp³-hybridized carbons (Fsp3) is 0.409. The number of nitrogens with zero attached hydrogens (tertiary/aromatic N) is 2. The van der Waals surface area contributed by atoms with Gasteiger partial charge in [0.2, 0.25) is 15.8 Å². The monoisotopic (exact) mass is 487 g/mol. The van der Waals surface area contributed by atoms with Gasteiger partial charge in [0.15, 0.2) is 0 Å². The standard InChI is InChI=1S/C22H25F4N3O3S/c1-4-33(31,32)27-19-8-9-29(21(30)28(2)3)22(19,26)13-14-6-5-7-18(20(14)25)15-10-16(23)12-17(24)11-15/h5-7,10-12,19,27H,4,8-9,13H2,1-3H3/t19-,22-/m1/s1. The Morgan fingerprint density at radius 2 is 1.82 bits per heavy atom. The first kappa shape index (κ1) is 25.0. The average Bonchev–Trinajstić information content (AvgIpc) is 3.03. The van der Waals surface area contributed by atoms with Crippen molar-refractivity contribution >= 4 is 16.1 Å². The highest BCUT2D eigenvalue weighted by Crippen LogP contribution is 2.37. The number of nitrogens with one attached hydrogen (secondary N) is 1. The Morgan fingerprint density at radius 1 is 1.18 bits per heavy atom. The van der Waals surface area contributed by atoms with Crippen LogP contribution in [0.1, 0.15) is 18.9 Å². The average molecular weight is 488 g/mol.